The van der Waals surface area contributed by atoms with Gasteiger partial charge in [-0.1, -0.05) is 5.16 Å². The summed E-state index contributed by atoms with van der Waals surface area (Å²) in [5.74, 6) is 1.60. The first-order valence-electron chi connectivity index (χ1n) is 9.11. The van der Waals surface area contributed by atoms with Gasteiger partial charge in [0.25, 0.3) is 5.89 Å². The number of piperidine rings is 1. The fourth-order valence-electron chi connectivity index (χ4n) is 3.61. The molecule has 28 heavy (non-hydrogen) atoms. The third-order valence-electron chi connectivity index (χ3n) is 5.06. The number of aromatic nitrogens is 5. The van der Waals surface area contributed by atoms with Crippen molar-refractivity contribution in [2.75, 3.05) is 18.0 Å². The molecule has 0 atom stereocenters. The largest absolute Gasteiger partial charge is 0.420 e. The highest BCUT2D eigenvalue weighted by atomic mass is 19.1. The lowest BCUT2D eigenvalue weighted by molar-refractivity contribution is 0.416. The van der Waals surface area contributed by atoms with Crippen LogP contribution in [-0.2, 0) is 0 Å². The van der Waals surface area contributed by atoms with E-state index in [-0.39, 0.29) is 11.7 Å². The molecule has 0 N–H and O–H groups in total. The number of benzene rings is 1. The third kappa shape index (κ3) is 2.98. The highest BCUT2D eigenvalue weighted by Crippen LogP contribution is 2.34. The zero-order valence-corrected chi connectivity index (χ0v) is 15.2. The number of halogens is 1. The molecule has 0 amide bonds. The van der Waals surface area contributed by atoms with E-state index in [2.05, 4.69) is 30.5 Å². The molecule has 4 aromatic rings. The molecule has 1 saturated heterocycles. The van der Waals surface area contributed by atoms with Crippen molar-refractivity contribution in [2.24, 2.45) is 0 Å². The van der Waals surface area contributed by atoms with Crippen LogP contribution in [0.2, 0.25) is 0 Å². The van der Waals surface area contributed by atoms with Crippen LogP contribution in [0.3, 0.4) is 0 Å². The van der Waals surface area contributed by atoms with Gasteiger partial charge in [-0.05, 0) is 43.2 Å². The van der Waals surface area contributed by atoms with Crippen LogP contribution >= 0.6 is 0 Å². The molecule has 0 radical (unpaired) electrons. The van der Waals surface area contributed by atoms with E-state index in [0.29, 0.717) is 23.1 Å². The second-order valence-corrected chi connectivity index (χ2v) is 6.87. The number of anilines is 1. The molecule has 0 bridgehead atoms. The van der Waals surface area contributed by atoms with Gasteiger partial charge in [0.2, 0.25) is 5.89 Å². The van der Waals surface area contributed by atoms with E-state index in [4.69, 9.17) is 8.94 Å². The van der Waals surface area contributed by atoms with Crippen molar-refractivity contribution in [1.29, 1.82) is 0 Å². The van der Waals surface area contributed by atoms with E-state index in [0.717, 1.165) is 42.8 Å². The van der Waals surface area contributed by atoms with Gasteiger partial charge in [-0.15, -0.1) is 20.4 Å². The summed E-state index contributed by atoms with van der Waals surface area (Å²) in [7, 11) is 0. The maximum atomic E-state index is 13.6. The number of nitrogens with zero attached hydrogens (tertiary/aromatic N) is 6. The van der Waals surface area contributed by atoms with Crippen molar-refractivity contribution in [1.82, 2.24) is 25.6 Å². The smallest absolute Gasteiger partial charge is 0.268 e. The normalized spacial score (nSPS) is 15.4. The molecule has 9 heteroatoms. The Morgan fingerprint density at radius 2 is 1.89 bits per heavy atom. The zero-order chi connectivity index (χ0) is 19.1. The van der Waals surface area contributed by atoms with Gasteiger partial charge >= 0.3 is 0 Å². The second-order valence-electron chi connectivity index (χ2n) is 6.87. The average molecular weight is 380 g/mol. The van der Waals surface area contributed by atoms with Crippen LogP contribution in [0, 0.1) is 12.7 Å². The first-order chi connectivity index (χ1) is 13.7. The van der Waals surface area contributed by atoms with E-state index >= 15 is 0 Å². The fourth-order valence-corrected chi connectivity index (χ4v) is 3.61. The fraction of sp³-hybridized carbons (Fsp3) is 0.316. The van der Waals surface area contributed by atoms with Gasteiger partial charge in [-0.25, -0.2) is 4.39 Å². The molecule has 4 heterocycles. The Kier molecular flexibility index (Phi) is 4.00. The molecule has 1 fully saturated rings. The minimum absolute atomic E-state index is 0.230. The van der Waals surface area contributed by atoms with Crippen molar-refractivity contribution < 1.29 is 13.3 Å². The number of fused-ring (bicyclic) bond motifs is 1. The predicted molar refractivity (Wildman–Crippen MR) is 98.2 cm³/mol. The van der Waals surface area contributed by atoms with Gasteiger partial charge in [-0.2, -0.15) is 0 Å². The average Bonchev–Trinajstić information content (AvgIpc) is 3.34. The summed E-state index contributed by atoms with van der Waals surface area (Å²) in [6.07, 6.45) is 1.76. The molecule has 0 aliphatic carbocycles. The minimum Gasteiger partial charge on any atom is -0.420 e. The summed E-state index contributed by atoms with van der Waals surface area (Å²) >= 11 is 0. The maximum absolute atomic E-state index is 13.6. The Bertz CT molecular complexity index is 1120. The number of hydrogen-bond donors (Lipinski definition) is 0. The summed E-state index contributed by atoms with van der Waals surface area (Å²) in [6.45, 7) is 3.35. The van der Waals surface area contributed by atoms with Crippen molar-refractivity contribution in [3.63, 3.8) is 0 Å². The van der Waals surface area contributed by atoms with Crippen LogP contribution in [0.1, 0.15) is 30.3 Å². The van der Waals surface area contributed by atoms with Gasteiger partial charge in [0.05, 0.1) is 5.69 Å². The molecule has 1 aliphatic heterocycles. The topological polar surface area (TPSA) is 94.0 Å². The molecule has 0 unspecified atom stereocenters. The molecule has 1 aromatic carbocycles. The molecule has 0 saturated carbocycles. The van der Waals surface area contributed by atoms with Gasteiger partial charge < -0.3 is 13.8 Å². The highest BCUT2D eigenvalue weighted by molar-refractivity contribution is 5.80. The van der Waals surface area contributed by atoms with Crippen molar-refractivity contribution in [3.8, 4) is 11.6 Å². The quantitative estimate of drug-likeness (QED) is 0.533. The van der Waals surface area contributed by atoms with E-state index in [1.807, 2.05) is 12.1 Å². The zero-order valence-electron chi connectivity index (χ0n) is 15.2. The summed E-state index contributed by atoms with van der Waals surface area (Å²) in [5, 5.41) is 21.2. The molecule has 3 aromatic heterocycles. The molecule has 0 spiro atoms. The lowest BCUT2D eigenvalue weighted by Crippen LogP contribution is -2.33. The third-order valence-corrected chi connectivity index (χ3v) is 5.06. The Balaban J connectivity index is 1.29. The summed E-state index contributed by atoms with van der Waals surface area (Å²) in [4.78, 5) is 2.18. The van der Waals surface area contributed by atoms with Gasteiger partial charge in [0.1, 0.15) is 11.5 Å². The van der Waals surface area contributed by atoms with Crippen LogP contribution in [0.5, 0.6) is 0 Å². The van der Waals surface area contributed by atoms with Crippen LogP contribution in [0.4, 0.5) is 10.2 Å². The Morgan fingerprint density at radius 3 is 2.61 bits per heavy atom. The minimum atomic E-state index is -0.277. The lowest BCUT2D eigenvalue weighted by Gasteiger charge is -2.31. The predicted octanol–water partition coefficient (Wildman–Crippen LogP) is 3.50. The van der Waals surface area contributed by atoms with Crippen LogP contribution < -0.4 is 4.90 Å². The van der Waals surface area contributed by atoms with Crippen LogP contribution in [0.25, 0.3) is 22.6 Å². The number of rotatable bonds is 3. The molecule has 142 valence electrons. The van der Waals surface area contributed by atoms with E-state index in [1.54, 1.807) is 13.0 Å². The molecule has 8 nitrogen and oxygen atoms in total. The summed E-state index contributed by atoms with van der Waals surface area (Å²) < 4.78 is 24.3. The summed E-state index contributed by atoms with van der Waals surface area (Å²) in [6, 6.07) is 8.24. The van der Waals surface area contributed by atoms with E-state index in [1.165, 1.54) is 12.1 Å². The Hall–Kier alpha value is -3.36. The van der Waals surface area contributed by atoms with Crippen molar-refractivity contribution in [2.45, 2.75) is 25.7 Å². The van der Waals surface area contributed by atoms with Crippen LogP contribution in [-0.4, -0.2) is 38.6 Å². The number of aryl methyl sites for hydroxylation is 1. The standard InChI is InChI=1S/C19H17FN6O2/c1-11-21-24-19(27-11)15-3-5-17(23-22-15)26-8-6-12(7-9-26)18-14-10-13(20)2-4-16(14)28-25-18/h2-5,10,12H,6-9H2,1H3. The van der Waals surface area contributed by atoms with E-state index in [9.17, 15) is 4.39 Å². The van der Waals surface area contributed by atoms with Crippen LogP contribution in [0.15, 0.2) is 39.3 Å². The van der Waals surface area contributed by atoms with Gasteiger partial charge in [0.15, 0.2) is 11.4 Å². The molecule has 1 aliphatic rings. The monoisotopic (exact) mass is 380 g/mol. The maximum Gasteiger partial charge on any atom is 0.268 e. The van der Waals surface area contributed by atoms with Crippen molar-refractivity contribution >= 4 is 16.8 Å². The lowest BCUT2D eigenvalue weighted by atomic mass is 9.91. The Labute approximate surface area is 159 Å². The first-order valence-corrected chi connectivity index (χ1v) is 9.11. The second kappa shape index (κ2) is 6.66. The highest BCUT2D eigenvalue weighted by Gasteiger charge is 2.26. The SMILES string of the molecule is Cc1nnc(-c2ccc(N3CCC(c4noc5ccc(F)cc45)CC3)nn2)o1. The molecule has 5 rings (SSSR count). The van der Waals surface area contributed by atoms with Crippen molar-refractivity contribution in [3.05, 3.63) is 47.7 Å². The number of hydrogen-bond acceptors (Lipinski definition) is 8. The summed E-state index contributed by atoms with van der Waals surface area (Å²) in [5.41, 5.74) is 2.01. The molecular weight excluding hydrogens is 363 g/mol. The van der Waals surface area contributed by atoms with Gasteiger partial charge in [0, 0.05) is 31.3 Å². The first kappa shape index (κ1) is 16.8. The molecular formula is C19H17FN6O2. The van der Waals surface area contributed by atoms with E-state index < -0.39 is 0 Å². The Morgan fingerprint density at radius 1 is 1.04 bits per heavy atom. The van der Waals surface area contributed by atoms with Gasteiger partial charge in [-0.3, -0.25) is 0 Å².